The Balaban J connectivity index is 1.04. The number of hydrogen-bond donors (Lipinski definition) is 0. The standard InChI is InChI=1S/C68H60N2Si2/c1-67(2,3)49-34-38-51(39-35-49)69(52-40-36-50(37-41-52)68(4,5)6)54-44-47-62-60(48-54)59-28-16-17-29-61(59)70(62)53-42-45-58(46-43-53)72(57-26-14-9-15-27-57)65-32-20-18-30-63(65)71(55-22-10-7-11-23-55,56-24-12-8-13-25-56)64-31-19-21-33-66(64)72/h7-48H,1-6H3. The minimum Gasteiger partial charge on any atom is -0.310 e. The van der Waals surface area contributed by atoms with Gasteiger partial charge in [-0.1, -0.05) is 236 Å². The summed E-state index contributed by atoms with van der Waals surface area (Å²) in [7, 11) is -5.74. The maximum absolute atomic E-state index is 2.94. The predicted octanol–water partition coefficient (Wildman–Crippen LogP) is 11.9. The van der Waals surface area contributed by atoms with Crippen LogP contribution in [0.1, 0.15) is 52.7 Å². The topological polar surface area (TPSA) is 8.17 Å². The van der Waals surface area contributed by atoms with E-state index in [0.29, 0.717) is 0 Å². The van der Waals surface area contributed by atoms with E-state index in [4.69, 9.17) is 0 Å². The molecule has 350 valence electrons. The zero-order valence-electron chi connectivity index (χ0n) is 42.1. The second-order valence-electron chi connectivity index (χ2n) is 21.7. The molecule has 1 aliphatic heterocycles. The number of para-hydroxylation sites is 1. The number of nitrogens with zero attached hydrogens (tertiary/aromatic N) is 2. The van der Waals surface area contributed by atoms with E-state index in [1.165, 1.54) is 74.4 Å². The van der Waals surface area contributed by atoms with Crippen LogP contribution in [0.2, 0.25) is 0 Å². The van der Waals surface area contributed by atoms with Gasteiger partial charge >= 0.3 is 0 Å². The molecule has 0 atom stereocenters. The van der Waals surface area contributed by atoms with E-state index in [1.54, 1.807) is 0 Å². The zero-order valence-corrected chi connectivity index (χ0v) is 44.1. The molecular weight excluding hydrogens is 901 g/mol. The minimum absolute atomic E-state index is 0.0601. The zero-order chi connectivity index (χ0) is 49.2. The molecule has 0 saturated heterocycles. The van der Waals surface area contributed by atoms with Crippen LogP contribution < -0.4 is 46.4 Å². The fraction of sp³-hybridized carbons (Fsp3) is 0.118. The molecule has 0 N–H and O–H groups in total. The first-order valence-electron chi connectivity index (χ1n) is 25.5. The molecule has 1 aromatic heterocycles. The van der Waals surface area contributed by atoms with E-state index in [-0.39, 0.29) is 10.8 Å². The van der Waals surface area contributed by atoms with Crippen LogP contribution in [-0.4, -0.2) is 20.7 Å². The van der Waals surface area contributed by atoms with Gasteiger partial charge in [-0.15, -0.1) is 0 Å². The molecule has 0 bridgehead atoms. The molecule has 72 heavy (non-hydrogen) atoms. The molecule has 2 heterocycles. The normalized spacial score (nSPS) is 13.9. The summed E-state index contributed by atoms with van der Waals surface area (Å²) < 4.78 is 2.47. The first-order chi connectivity index (χ1) is 35.0. The Bertz CT molecular complexity index is 3590. The molecule has 0 fully saturated rings. The summed E-state index contributed by atoms with van der Waals surface area (Å²) in [5, 5.41) is 14.0. The molecule has 11 aromatic rings. The summed E-state index contributed by atoms with van der Waals surface area (Å²) in [4.78, 5) is 2.42. The summed E-state index contributed by atoms with van der Waals surface area (Å²) in [5.41, 5.74) is 9.70. The quantitative estimate of drug-likeness (QED) is 0.138. The Morgan fingerprint density at radius 2 is 0.653 bits per heavy atom. The Morgan fingerprint density at radius 1 is 0.306 bits per heavy atom. The summed E-state index contributed by atoms with van der Waals surface area (Å²) in [6.45, 7) is 13.7. The van der Waals surface area contributed by atoms with Crippen molar-refractivity contribution in [3.8, 4) is 5.69 Å². The third-order valence-electron chi connectivity index (χ3n) is 15.5. The molecule has 4 heteroatoms. The number of hydrogen-bond acceptors (Lipinski definition) is 1. The molecule has 0 radical (unpaired) electrons. The summed E-state index contributed by atoms with van der Waals surface area (Å²) in [6, 6.07) is 97.3. The predicted molar refractivity (Wildman–Crippen MR) is 314 cm³/mol. The van der Waals surface area contributed by atoms with Gasteiger partial charge in [0.2, 0.25) is 0 Å². The number of rotatable bonds is 8. The van der Waals surface area contributed by atoms with E-state index in [0.717, 1.165) is 22.7 Å². The van der Waals surface area contributed by atoms with Gasteiger partial charge in [-0.25, -0.2) is 0 Å². The van der Waals surface area contributed by atoms with Crippen LogP contribution >= 0.6 is 0 Å². The summed E-state index contributed by atoms with van der Waals surface area (Å²) >= 11 is 0. The van der Waals surface area contributed by atoms with Crippen molar-refractivity contribution in [1.82, 2.24) is 4.57 Å². The fourth-order valence-corrected chi connectivity index (χ4v) is 24.2. The second-order valence-corrected chi connectivity index (χ2v) is 29.2. The molecule has 1 aliphatic rings. The largest absolute Gasteiger partial charge is 0.310 e. The van der Waals surface area contributed by atoms with Crippen molar-refractivity contribution >= 4 is 96.5 Å². The average molecular weight is 961 g/mol. The molecule has 0 amide bonds. The van der Waals surface area contributed by atoms with Crippen LogP contribution in [0.15, 0.2) is 255 Å². The maximum Gasteiger partial charge on any atom is 0.179 e. The number of anilines is 3. The van der Waals surface area contributed by atoms with Crippen molar-refractivity contribution in [2.75, 3.05) is 4.90 Å². The van der Waals surface area contributed by atoms with Crippen LogP contribution in [0, 0.1) is 0 Å². The van der Waals surface area contributed by atoms with Crippen molar-refractivity contribution in [2.24, 2.45) is 0 Å². The van der Waals surface area contributed by atoms with E-state index < -0.39 is 16.1 Å². The van der Waals surface area contributed by atoms with Gasteiger partial charge < -0.3 is 9.47 Å². The Labute approximate surface area is 427 Å². The van der Waals surface area contributed by atoms with Crippen molar-refractivity contribution in [2.45, 2.75) is 52.4 Å². The first-order valence-corrected chi connectivity index (χ1v) is 29.5. The van der Waals surface area contributed by atoms with Gasteiger partial charge in [0.1, 0.15) is 0 Å². The van der Waals surface area contributed by atoms with Crippen LogP contribution in [0.5, 0.6) is 0 Å². The van der Waals surface area contributed by atoms with Crippen molar-refractivity contribution in [3.05, 3.63) is 266 Å². The Kier molecular flexibility index (Phi) is 11.0. The lowest BCUT2D eigenvalue weighted by molar-refractivity contribution is 0.590. The van der Waals surface area contributed by atoms with E-state index >= 15 is 0 Å². The Morgan fingerprint density at radius 3 is 1.07 bits per heavy atom. The van der Waals surface area contributed by atoms with Gasteiger partial charge in [0, 0.05) is 33.5 Å². The fourth-order valence-electron chi connectivity index (χ4n) is 12.1. The highest BCUT2D eigenvalue weighted by atomic mass is 28.3. The highest BCUT2D eigenvalue weighted by molar-refractivity contribution is 7.32. The minimum atomic E-state index is -2.94. The van der Waals surface area contributed by atoms with E-state index in [2.05, 4.69) is 306 Å². The first kappa shape index (κ1) is 45.4. The van der Waals surface area contributed by atoms with Crippen LogP contribution in [0.25, 0.3) is 27.5 Å². The lowest BCUT2D eigenvalue weighted by Crippen LogP contribution is -2.93. The van der Waals surface area contributed by atoms with Crippen LogP contribution in [0.3, 0.4) is 0 Å². The van der Waals surface area contributed by atoms with E-state index in [1.807, 2.05) is 0 Å². The summed E-state index contributed by atoms with van der Waals surface area (Å²) in [5.74, 6) is 0. The van der Waals surface area contributed by atoms with Gasteiger partial charge in [-0.3, -0.25) is 0 Å². The highest BCUT2D eigenvalue weighted by Crippen LogP contribution is 2.41. The Hall–Kier alpha value is -7.77. The van der Waals surface area contributed by atoms with Crippen LogP contribution in [-0.2, 0) is 10.8 Å². The molecule has 10 aromatic carbocycles. The van der Waals surface area contributed by atoms with Gasteiger partial charge in [0.25, 0.3) is 0 Å². The van der Waals surface area contributed by atoms with Gasteiger partial charge in [0.05, 0.1) is 11.0 Å². The monoisotopic (exact) mass is 960 g/mol. The third-order valence-corrected chi connectivity index (χ3v) is 25.8. The lowest BCUT2D eigenvalue weighted by atomic mass is 9.86. The second kappa shape index (κ2) is 17.5. The number of benzene rings is 10. The van der Waals surface area contributed by atoms with Gasteiger partial charge in [-0.05, 0) is 124 Å². The van der Waals surface area contributed by atoms with Crippen molar-refractivity contribution < 1.29 is 0 Å². The molecule has 0 spiro atoms. The van der Waals surface area contributed by atoms with Gasteiger partial charge in [-0.2, -0.15) is 0 Å². The van der Waals surface area contributed by atoms with Gasteiger partial charge in [0.15, 0.2) is 16.1 Å². The number of aromatic nitrogens is 1. The number of fused-ring (bicyclic) bond motifs is 5. The van der Waals surface area contributed by atoms with Crippen LogP contribution in [0.4, 0.5) is 17.1 Å². The summed E-state index contributed by atoms with van der Waals surface area (Å²) in [6.07, 6.45) is 0. The molecule has 0 saturated carbocycles. The molecule has 0 unspecified atom stereocenters. The molecular formula is C68H60N2Si2. The molecule has 2 nitrogen and oxygen atoms in total. The smallest absolute Gasteiger partial charge is 0.179 e. The van der Waals surface area contributed by atoms with Crippen molar-refractivity contribution in [1.29, 1.82) is 0 Å². The maximum atomic E-state index is 2.48. The third kappa shape index (κ3) is 7.18. The highest BCUT2D eigenvalue weighted by Gasteiger charge is 2.56. The average Bonchev–Trinajstić information content (AvgIpc) is 3.74. The molecule has 0 aliphatic carbocycles. The molecule has 12 rings (SSSR count). The lowest BCUT2D eigenvalue weighted by Gasteiger charge is -2.48. The van der Waals surface area contributed by atoms with E-state index in [9.17, 15) is 0 Å². The SMILES string of the molecule is CC(C)(C)c1ccc(N(c2ccc(C(C)(C)C)cc2)c2ccc3c(c2)c2ccccc2n3-c2ccc([Si]3(c4ccccc4)c4ccccc4[Si](c4ccccc4)(c4ccccc4)c4ccccc43)cc2)cc1. The van der Waals surface area contributed by atoms with Crippen molar-refractivity contribution in [3.63, 3.8) is 0 Å².